The van der Waals surface area contributed by atoms with Crippen LogP contribution < -0.4 is 4.90 Å². The summed E-state index contributed by atoms with van der Waals surface area (Å²) in [5.74, 6) is -0.213. The van der Waals surface area contributed by atoms with Crippen LogP contribution in [0, 0.1) is 5.92 Å². The van der Waals surface area contributed by atoms with Gasteiger partial charge in [-0.25, -0.2) is 4.79 Å². The molecule has 0 bridgehead atoms. The van der Waals surface area contributed by atoms with Crippen molar-refractivity contribution in [2.45, 2.75) is 37.6 Å². The molecule has 2 fully saturated rings. The van der Waals surface area contributed by atoms with Crippen LogP contribution in [0.4, 0.5) is 5.69 Å². The summed E-state index contributed by atoms with van der Waals surface area (Å²) in [5.41, 5.74) is 1.17. The van der Waals surface area contributed by atoms with E-state index in [-0.39, 0.29) is 30.2 Å². The minimum atomic E-state index is -0.932. The minimum Gasteiger partial charge on any atom is -0.467 e. The number of piperidine rings is 1. The number of hydrogen-bond acceptors (Lipinski definition) is 4. The van der Waals surface area contributed by atoms with Crippen molar-refractivity contribution >= 4 is 30.0 Å². The lowest BCUT2D eigenvalue weighted by atomic mass is 9.84. The Bertz CT molecular complexity index is 863. The zero-order valence-electron chi connectivity index (χ0n) is 18.0. The summed E-state index contributed by atoms with van der Waals surface area (Å²) >= 11 is 0. The number of amides is 1. The Balaban J connectivity index is 0.00000272. The van der Waals surface area contributed by atoms with Crippen LogP contribution in [0.25, 0.3) is 0 Å². The van der Waals surface area contributed by atoms with Crippen LogP contribution in [0.15, 0.2) is 60.7 Å². The summed E-state index contributed by atoms with van der Waals surface area (Å²) in [4.78, 5) is 30.6. The van der Waals surface area contributed by atoms with Gasteiger partial charge in [0.05, 0.1) is 7.11 Å². The quantitative estimate of drug-likeness (QED) is 0.606. The second-order valence-corrected chi connectivity index (χ2v) is 8.38. The fourth-order valence-electron chi connectivity index (χ4n) is 4.46. The maximum absolute atomic E-state index is 13.3. The summed E-state index contributed by atoms with van der Waals surface area (Å²) < 4.78 is 5.26. The van der Waals surface area contributed by atoms with Crippen molar-refractivity contribution in [3.05, 3.63) is 66.2 Å². The van der Waals surface area contributed by atoms with Crippen molar-refractivity contribution in [3.63, 3.8) is 0 Å². The van der Waals surface area contributed by atoms with Crippen LogP contribution in [0.3, 0.4) is 0 Å². The molecule has 6 heteroatoms. The number of hydrogen-bond donors (Lipinski definition) is 0. The summed E-state index contributed by atoms with van der Waals surface area (Å²) in [6.07, 6.45) is 3.96. The number of carbonyl (C=O) groups is 2. The fourth-order valence-corrected chi connectivity index (χ4v) is 4.46. The van der Waals surface area contributed by atoms with E-state index < -0.39 is 5.54 Å². The highest BCUT2D eigenvalue weighted by molar-refractivity contribution is 6.04. The van der Waals surface area contributed by atoms with Gasteiger partial charge in [0.15, 0.2) is 0 Å². The van der Waals surface area contributed by atoms with Crippen LogP contribution >= 0.6 is 12.4 Å². The predicted molar refractivity (Wildman–Crippen MR) is 124 cm³/mol. The van der Waals surface area contributed by atoms with Crippen molar-refractivity contribution in [1.29, 1.82) is 0 Å². The van der Waals surface area contributed by atoms with Crippen molar-refractivity contribution < 1.29 is 14.3 Å². The zero-order valence-corrected chi connectivity index (χ0v) is 18.9. The lowest BCUT2D eigenvalue weighted by Crippen LogP contribution is -2.63. The third-order valence-corrected chi connectivity index (χ3v) is 6.40. The molecule has 4 rings (SSSR count). The van der Waals surface area contributed by atoms with E-state index >= 15 is 0 Å². The third-order valence-electron chi connectivity index (χ3n) is 6.40. The molecule has 1 aliphatic carbocycles. The highest BCUT2D eigenvalue weighted by atomic mass is 35.5. The molecule has 0 aromatic heterocycles. The minimum absolute atomic E-state index is 0. The van der Waals surface area contributed by atoms with Gasteiger partial charge in [-0.05, 0) is 49.8 Å². The Morgan fingerprint density at radius 2 is 1.58 bits per heavy atom. The molecule has 2 aromatic carbocycles. The van der Waals surface area contributed by atoms with Gasteiger partial charge in [-0.15, -0.1) is 12.4 Å². The van der Waals surface area contributed by atoms with Crippen LogP contribution in [-0.2, 0) is 20.7 Å². The first-order chi connectivity index (χ1) is 14.6. The summed E-state index contributed by atoms with van der Waals surface area (Å²) in [6, 6.07) is 20.1. The molecule has 0 radical (unpaired) electrons. The van der Waals surface area contributed by atoms with E-state index in [0.717, 1.165) is 44.6 Å². The number of rotatable bonds is 7. The molecule has 2 aromatic rings. The summed E-state index contributed by atoms with van der Waals surface area (Å²) in [5, 5.41) is 0. The number of para-hydroxylation sites is 1. The fraction of sp³-hybridized carbons (Fsp3) is 0.440. The number of carbonyl (C=O) groups excluding carboxylic acids is 2. The van der Waals surface area contributed by atoms with Gasteiger partial charge in [0.25, 0.3) is 0 Å². The van der Waals surface area contributed by atoms with Gasteiger partial charge in [0, 0.05) is 31.2 Å². The van der Waals surface area contributed by atoms with E-state index in [1.54, 1.807) is 4.90 Å². The van der Waals surface area contributed by atoms with Gasteiger partial charge in [0.2, 0.25) is 5.91 Å². The lowest BCUT2D eigenvalue weighted by molar-refractivity contribution is -0.151. The van der Waals surface area contributed by atoms with Gasteiger partial charge in [-0.3, -0.25) is 9.69 Å². The monoisotopic (exact) mass is 442 g/mol. The van der Waals surface area contributed by atoms with E-state index in [2.05, 4.69) is 29.2 Å². The van der Waals surface area contributed by atoms with Gasteiger partial charge in [-0.1, -0.05) is 48.5 Å². The molecule has 1 heterocycles. The number of likely N-dealkylation sites (tertiary alicyclic amines) is 1. The van der Waals surface area contributed by atoms with Gasteiger partial charge in [-0.2, -0.15) is 0 Å². The molecule has 31 heavy (non-hydrogen) atoms. The molecule has 2 aliphatic rings. The molecule has 166 valence electrons. The predicted octanol–water partition coefficient (Wildman–Crippen LogP) is 4.10. The maximum atomic E-state index is 13.3. The molecule has 1 amide bonds. The third kappa shape index (κ3) is 5.10. The number of nitrogens with zero attached hydrogens (tertiary/aromatic N) is 2. The molecule has 1 saturated heterocycles. The molecule has 0 spiro atoms. The second-order valence-electron chi connectivity index (χ2n) is 8.38. The van der Waals surface area contributed by atoms with Gasteiger partial charge >= 0.3 is 5.97 Å². The topological polar surface area (TPSA) is 49.9 Å². The Morgan fingerprint density at radius 1 is 1.00 bits per heavy atom. The first-order valence-electron chi connectivity index (χ1n) is 10.9. The van der Waals surface area contributed by atoms with Crippen LogP contribution in [0.1, 0.15) is 31.2 Å². The average Bonchev–Trinajstić information content (AvgIpc) is 3.65. The maximum Gasteiger partial charge on any atom is 0.332 e. The highest BCUT2D eigenvalue weighted by Crippen LogP contribution is 2.40. The largest absolute Gasteiger partial charge is 0.467 e. The molecule has 0 unspecified atom stereocenters. The summed E-state index contributed by atoms with van der Waals surface area (Å²) in [7, 11) is 1.43. The number of anilines is 1. The number of halogens is 1. The zero-order chi connectivity index (χ0) is 21.0. The standard InChI is InChI=1S/C25H30N2O3.ClH/c1-30-24(29)25(27(23(28)21-12-13-21)22-10-6-3-7-11-22)15-18-26(19-16-25)17-14-20-8-4-2-5-9-20;/h2-11,21H,12-19H2,1H3;1H. The van der Waals surface area contributed by atoms with E-state index in [4.69, 9.17) is 4.74 Å². The smallest absolute Gasteiger partial charge is 0.332 e. The normalized spacial score (nSPS) is 18.0. The van der Waals surface area contributed by atoms with Crippen molar-refractivity contribution in [2.24, 2.45) is 5.92 Å². The molecule has 0 atom stereocenters. The van der Waals surface area contributed by atoms with E-state index in [0.29, 0.717) is 12.8 Å². The van der Waals surface area contributed by atoms with E-state index in [9.17, 15) is 9.59 Å². The number of benzene rings is 2. The average molecular weight is 443 g/mol. The Kier molecular flexibility index (Phi) is 7.74. The highest BCUT2D eigenvalue weighted by Gasteiger charge is 2.52. The first kappa shape index (κ1) is 23.3. The Morgan fingerprint density at radius 3 is 2.13 bits per heavy atom. The molecule has 1 aliphatic heterocycles. The Hall–Kier alpha value is -2.37. The van der Waals surface area contributed by atoms with Crippen LogP contribution in [-0.4, -0.2) is 49.1 Å². The van der Waals surface area contributed by atoms with Crippen molar-refractivity contribution in [3.8, 4) is 0 Å². The lowest BCUT2D eigenvalue weighted by Gasteiger charge is -2.46. The van der Waals surface area contributed by atoms with Crippen LogP contribution in [0.2, 0.25) is 0 Å². The summed E-state index contributed by atoms with van der Waals surface area (Å²) in [6.45, 7) is 2.48. The van der Waals surface area contributed by atoms with Gasteiger partial charge in [0.1, 0.15) is 5.54 Å². The molecular formula is C25H31ClN2O3. The SMILES string of the molecule is COC(=O)C1(N(C(=O)C2CC2)c2ccccc2)CCN(CCc2ccccc2)CC1.Cl. The van der Waals surface area contributed by atoms with Crippen molar-refractivity contribution in [1.82, 2.24) is 4.90 Å². The first-order valence-corrected chi connectivity index (χ1v) is 10.9. The number of esters is 1. The Labute approximate surface area is 190 Å². The van der Waals surface area contributed by atoms with Gasteiger partial charge < -0.3 is 9.64 Å². The van der Waals surface area contributed by atoms with Crippen LogP contribution in [0.5, 0.6) is 0 Å². The number of methoxy groups -OCH3 is 1. The van der Waals surface area contributed by atoms with E-state index in [1.165, 1.54) is 12.7 Å². The van der Waals surface area contributed by atoms with Crippen molar-refractivity contribution in [2.75, 3.05) is 31.6 Å². The second kappa shape index (κ2) is 10.3. The molecule has 0 N–H and O–H groups in total. The molecular weight excluding hydrogens is 412 g/mol. The molecule has 5 nitrogen and oxygen atoms in total. The molecule has 1 saturated carbocycles. The van der Waals surface area contributed by atoms with E-state index in [1.807, 2.05) is 36.4 Å². The number of ether oxygens (including phenoxy) is 1.